The van der Waals surface area contributed by atoms with Gasteiger partial charge in [0.15, 0.2) is 0 Å². The number of nitrogens with zero attached hydrogens (tertiary/aromatic N) is 2. The number of fused-ring (bicyclic) bond motifs is 1. The number of hydrogen-bond donors (Lipinski definition) is 1. The lowest BCUT2D eigenvalue weighted by Crippen LogP contribution is -2.39. The van der Waals surface area contributed by atoms with Gasteiger partial charge in [-0.05, 0) is 69.2 Å². The molecule has 0 radical (unpaired) electrons. The van der Waals surface area contributed by atoms with E-state index in [2.05, 4.69) is 34.7 Å². The Hall–Kier alpha value is -1.68. The molecule has 26 heavy (non-hydrogen) atoms. The van der Waals surface area contributed by atoms with E-state index in [-0.39, 0.29) is 11.9 Å². The third-order valence-corrected chi connectivity index (χ3v) is 7.39. The molecule has 0 unspecified atom stereocenters. The van der Waals surface area contributed by atoms with Gasteiger partial charge < -0.3 is 5.32 Å². The summed E-state index contributed by atoms with van der Waals surface area (Å²) < 4.78 is 0. The number of carbonyl (C=O) groups is 1. The second-order valence-corrected chi connectivity index (χ2v) is 9.09. The number of anilines is 1. The van der Waals surface area contributed by atoms with Gasteiger partial charge in [-0.25, -0.2) is 0 Å². The van der Waals surface area contributed by atoms with Crippen molar-refractivity contribution in [1.82, 2.24) is 4.90 Å². The van der Waals surface area contributed by atoms with Crippen LogP contribution in [-0.4, -0.2) is 23.9 Å². The number of thiophene rings is 2. The first kappa shape index (κ1) is 19.1. The summed E-state index contributed by atoms with van der Waals surface area (Å²) >= 11 is 3.32. The summed E-state index contributed by atoms with van der Waals surface area (Å²) in [5.41, 5.74) is 3.12. The third kappa shape index (κ3) is 4.01. The molecule has 0 spiro atoms. The van der Waals surface area contributed by atoms with Crippen LogP contribution in [0.25, 0.3) is 0 Å². The van der Waals surface area contributed by atoms with E-state index in [0.717, 1.165) is 30.8 Å². The highest BCUT2D eigenvalue weighted by Crippen LogP contribution is 2.37. The second-order valence-electron chi connectivity index (χ2n) is 6.99. The predicted octanol–water partition coefficient (Wildman–Crippen LogP) is 4.72. The number of hydrogen-bond acceptors (Lipinski definition) is 5. The van der Waals surface area contributed by atoms with Crippen molar-refractivity contribution in [2.24, 2.45) is 0 Å². The van der Waals surface area contributed by atoms with Crippen LogP contribution in [0.2, 0.25) is 0 Å². The van der Waals surface area contributed by atoms with E-state index >= 15 is 0 Å². The molecule has 1 amide bonds. The monoisotopic (exact) mass is 387 g/mol. The molecule has 0 fully saturated rings. The van der Waals surface area contributed by atoms with Crippen LogP contribution in [0.4, 0.5) is 5.00 Å². The van der Waals surface area contributed by atoms with Gasteiger partial charge in [0.2, 0.25) is 5.91 Å². The van der Waals surface area contributed by atoms with Gasteiger partial charge in [-0.2, -0.15) is 5.26 Å². The van der Waals surface area contributed by atoms with E-state index in [9.17, 15) is 10.1 Å². The molecule has 138 valence electrons. The highest BCUT2D eigenvalue weighted by Gasteiger charge is 2.24. The van der Waals surface area contributed by atoms with Gasteiger partial charge in [0, 0.05) is 16.3 Å². The van der Waals surface area contributed by atoms with E-state index in [1.54, 1.807) is 22.7 Å². The Balaban J connectivity index is 1.71. The van der Waals surface area contributed by atoms with Crippen molar-refractivity contribution in [3.63, 3.8) is 0 Å². The van der Waals surface area contributed by atoms with E-state index in [1.165, 1.54) is 33.7 Å². The van der Waals surface area contributed by atoms with E-state index in [1.807, 2.05) is 14.0 Å². The Morgan fingerprint density at radius 3 is 2.85 bits per heavy atom. The zero-order valence-corrected chi connectivity index (χ0v) is 17.2. The number of rotatable bonds is 5. The molecule has 0 bridgehead atoms. The van der Waals surface area contributed by atoms with Crippen LogP contribution in [0.5, 0.6) is 0 Å². The van der Waals surface area contributed by atoms with Crippen molar-refractivity contribution < 1.29 is 4.79 Å². The van der Waals surface area contributed by atoms with E-state index in [4.69, 9.17) is 0 Å². The number of likely N-dealkylation sites (N-methyl/N-ethyl adjacent to an activating group) is 1. The molecule has 0 aromatic carbocycles. The van der Waals surface area contributed by atoms with Crippen molar-refractivity contribution >= 4 is 33.6 Å². The molecule has 0 saturated carbocycles. The largest absolute Gasteiger partial charge is 0.315 e. The van der Waals surface area contributed by atoms with Crippen molar-refractivity contribution in [3.05, 3.63) is 37.9 Å². The summed E-state index contributed by atoms with van der Waals surface area (Å²) in [6, 6.07) is 4.18. The SMILES string of the molecule is Cc1ccsc1CN(C)[C@@H](C)C(=O)Nc1sc2c(c1C#N)CCCCC2. The van der Waals surface area contributed by atoms with Crippen LogP contribution < -0.4 is 5.32 Å². The number of aryl methyl sites for hydroxylation is 2. The molecule has 1 N–H and O–H groups in total. The number of carbonyl (C=O) groups excluding carboxylic acids is 1. The second kappa shape index (κ2) is 8.34. The number of nitriles is 1. The fourth-order valence-electron chi connectivity index (χ4n) is 3.30. The molecule has 2 aromatic rings. The minimum Gasteiger partial charge on any atom is -0.315 e. The Morgan fingerprint density at radius 1 is 1.38 bits per heavy atom. The molecule has 1 aliphatic carbocycles. The molecule has 1 aliphatic rings. The molecule has 3 rings (SSSR count). The maximum Gasteiger partial charge on any atom is 0.242 e. The first-order valence-electron chi connectivity index (χ1n) is 9.10. The number of nitrogens with one attached hydrogen (secondary N) is 1. The molecular weight excluding hydrogens is 362 g/mol. The molecule has 2 aromatic heterocycles. The molecule has 2 heterocycles. The number of amides is 1. The van der Waals surface area contributed by atoms with Crippen LogP contribution in [0.1, 0.15) is 52.6 Å². The fraction of sp³-hybridized carbons (Fsp3) is 0.500. The lowest BCUT2D eigenvalue weighted by Gasteiger charge is -2.23. The summed E-state index contributed by atoms with van der Waals surface area (Å²) in [4.78, 5) is 17.4. The summed E-state index contributed by atoms with van der Waals surface area (Å²) in [7, 11) is 1.97. The van der Waals surface area contributed by atoms with Crippen molar-refractivity contribution in [2.45, 2.75) is 58.5 Å². The Bertz CT molecular complexity index is 831. The average molecular weight is 388 g/mol. The topological polar surface area (TPSA) is 56.1 Å². The Kier molecular flexibility index (Phi) is 6.13. The highest BCUT2D eigenvalue weighted by atomic mass is 32.1. The predicted molar refractivity (Wildman–Crippen MR) is 109 cm³/mol. The molecule has 0 aliphatic heterocycles. The standard InChI is InChI=1S/C20H25N3OS2/c1-13-9-10-25-18(13)12-23(3)14(2)19(24)22-20-16(11-21)15-7-5-4-6-8-17(15)26-20/h9-10,14H,4-8,12H2,1-3H3,(H,22,24)/t14-/m0/s1. The van der Waals surface area contributed by atoms with Gasteiger partial charge in [-0.15, -0.1) is 22.7 Å². The van der Waals surface area contributed by atoms with Crippen molar-refractivity contribution in [3.8, 4) is 6.07 Å². The van der Waals surface area contributed by atoms with Gasteiger partial charge in [0.25, 0.3) is 0 Å². The average Bonchev–Trinajstić information content (AvgIpc) is 3.08. The smallest absolute Gasteiger partial charge is 0.242 e. The Labute approximate surface area is 163 Å². The third-order valence-electron chi connectivity index (χ3n) is 5.17. The molecular formula is C20H25N3OS2. The van der Waals surface area contributed by atoms with Gasteiger partial charge in [0.05, 0.1) is 11.6 Å². The zero-order valence-electron chi connectivity index (χ0n) is 15.6. The van der Waals surface area contributed by atoms with E-state index in [0.29, 0.717) is 5.56 Å². The van der Waals surface area contributed by atoms with Crippen LogP contribution in [-0.2, 0) is 24.2 Å². The van der Waals surface area contributed by atoms with E-state index < -0.39 is 0 Å². The summed E-state index contributed by atoms with van der Waals surface area (Å²) in [6.45, 7) is 4.77. The molecule has 1 atom stereocenters. The molecule has 4 nitrogen and oxygen atoms in total. The first-order chi connectivity index (χ1) is 12.5. The van der Waals surface area contributed by atoms with Gasteiger partial charge in [0.1, 0.15) is 11.1 Å². The fourth-order valence-corrected chi connectivity index (χ4v) is 5.51. The van der Waals surface area contributed by atoms with Crippen LogP contribution in [0.3, 0.4) is 0 Å². The lowest BCUT2D eigenvalue weighted by atomic mass is 10.1. The minimum atomic E-state index is -0.259. The van der Waals surface area contributed by atoms with Gasteiger partial charge >= 0.3 is 0 Å². The van der Waals surface area contributed by atoms with Crippen LogP contribution >= 0.6 is 22.7 Å². The van der Waals surface area contributed by atoms with Crippen molar-refractivity contribution in [2.75, 3.05) is 12.4 Å². The van der Waals surface area contributed by atoms with Gasteiger partial charge in [-0.1, -0.05) is 6.42 Å². The highest BCUT2D eigenvalue weighted by molar-refractivity contribution is 7.16. The maximum absolute atomic E-state index is 12.8. The summed E-state index contributed by atoms with van der Waals surface area (Å²) in [5.74, 6) is -0.0466. The zero-order chi connectivity index (χ0) is 18.7. The van der Waals surface area contributed by atoms with Crippen molar-refractivity contribution in [1.29, 1.82) is 5.26 Å². The van der Waals surface area contributed by atoms with Crippen LogP contribution in [0.15, 0.2) is 11.4 Å². The summed E-state index contributed by atoms with van der Waals surface area (Å²) in [6.07, 6.45) is 5.50. The van der Waals surface area contributed by atoms with Gasteiger partial charge in [-0.3, -0.25) is 9.69 Å². The summed E-state index contributed by atoms with van der Waals surface area (Å²) in [5, 5.41) is 15.5. The first-order valence-corrected chi connectivity index (χ1v) is 10.8. The Morgan fingerprint density at radius 2 is 2.15 bits per heavy atom. The molecule has 6 heteroatoms. The quantitative estimate of drug-likeness (QED) is 0.756. The normalized spacial score (nSPS) is 15.2. The molecule has 0 saturated heterocycles. The lowest BCUT2D eigenvalue weighted by molar-refractivity contribution is -0.120. The minimum absolute atomic E-state index is 0.0466. The maximum atomic E-state index is 12.8. The van der Waals surface area contributed by atoms with Crippen LogP contribution in [0, 0.1) is 18.3 Å².